The third-order valence-electron chi connectivity index (χ3n) is 3.46. The molecule has 0 aliphatic carbocycles. The molecule has 80 heavy (non-hydrogen) atoms. The van der Waals surface area contributed by atoms with Gasteiger partial charge >= 0.3 is 198 Å². The van der Waals surface area contributed by atoms with Gasteiger partial charge in [-0.25, -0.2) is 0 Å². The molecule has 0 spiro atoms. The summed E-state index contributed by atoms with van der Waals surface area (Å²) >= 11 is 139. The topological polar surface area (TPSA) is 0 Å². The second kappa shape index (κ2) is 249. The molecular formula is C38H74Cl6Ni12S24. The van der Waals surface area contributed by atoms with Gasteiger partial charge in [0.1, 0.15) is 0 Å². The molecule has 0 aromatic rings. The second-order valence-electron chi connectivity index (χ2n) is 9.64. The summed E-state index contributed by atoms with van der Waals surface area (Å²) in [5.74, 6) is 19.8. The largest absolute Gasteiger partial charge is 2.00 e. The maximum Gasteiger partial charge on any atom is 2.00 e. The number of hydrogen-bond donors (Lipinski definition) is 0. The molecule has 0 unspecified atom stereocenters. The normalized spacial score (nSPS) is 7.20. The zero-order valence-corrected chi connectivity index (χ0v) is 78.5. The van der Waals surface area contributed by atoms with Crippen molar-refractivity contribution in [1.82, 2.24) is 0 Å². The van der Waals surface area contributed by atoms with Crippen LogP contribution in [-0.4, -0.2) is 147 Å². The molecule has 0 aromatic heterocycles. The van der Waals surface area contributed by atoms with Gasteiger partial charge in [-0.3, -0.25) is 0 Å². The van der Waals surface area contributed by atoms with Crippen molar-refractivity contribution in [2.24, 2.45) is 0 Å². The fourth-order valence-corrected chi connectivity index (χ4v) is 6.36. The van der Waals surface area contributed by atoms with Gasteiger partial charge < -0.3 is 303 Å². The van der Waals surface area contributed by atoms with E-state index < -0.39 is 8.59 Å². The minimum absolute atomic E-state index is 0. The Bertz CT molecular complexity index is 422. The summed E-state index contributed by atoms with van der Waals surface area (Å²) < 4.78 is -1.50. The van der Waals surface area contributed by atoms with Crippen molar-refractivity contribution in [3.63, 3.8) is 0 Å². The van der Waals surface area contributed by atoms with Crippen molar-refractivity contribution in [3.8, 4) is 0 Å². The van der Waals surface area contributed by atoms with Gasteiger partial charge in [-0.05, 0) is 0 Å². The molecule has 0 N–H and O–H groups in total. The van der Waals surface area contributed by atoms with E-state index in [9.17, 15) is 0 Å². The molecule has 0 nitrogen and oxygen atoms in total. The summed E-state index contributed by atoms with van der Waals surface area (Å²) in [6.45, 7) is 0. The average Bonchev–Trinajstić information content (AvgIpc) is 3.29. The van der Waals surface area contributed by atoms with Crippen LogP contribution in [0, 0.1) is 0 Å². The van der Waals surface area contributed by atoms with E-state index in [1.165, 1.54) is 0 Å². The van der Waals surface area contributed by atoms with E-state index in [0.717, 1.165) is 215 Å². The molecule has 0 rings (SSSR count). The maximum atomic E-state index is 4.81. The van der Waals surface area contributed by atoms with Crippen LogP contribution in [0.3, 0.4) is 0 Å². The van der Waals surface area contributed by atoms with E-state index in [-0.39, 0.29) is 198 Å². The van der Waals surface area contributed by atoms with Crippen LogP contribution in [0.1, 0.15) is 77.0 Å². The Balaban J connectivity index is -0.0000000162. The molecule has 0 saturated carbocycles. The first-order valence-corrected chi connectivity index (χ1v) is 36.7. The van der Waals surface area contributed by atoms with E-state index in [1.54, 1.807) is 0 Å². The van der Waals surface area contributed by atoms with Crippen LogP contribution < -0.4 is 0 Å². The van der Waals surface area contributed by atoms with Crippen LogP contribution in [0.2, 0.25) is 0 Å². The molecule has 0 aromatic carbocycles. The zero-order valence-electron chi connectivity index (χ0n) is 42.5. The molecule has 0 radical (unpaired) electrons. The maximum absolute atomic E-state index is 4.81. The monoisotopic (exact) mass is 2200 g/mol. The third-order valence-corrected chi connectivity index (χ3v) is 10.4. The molecule has 0 aliphatic heterocycles. The molecule has 532 valence electrons. The molecule has 0 atom stereocenters. The number of halogens is 6. The Morgan fingerprint density at radius 1 is 0.125 bits per heavy atom. The molecule has 42 heteroatoms. The predicted octanol–water partition coefficient (Wildman–Crippen LogP) is 9.59. The second-order valence-corrected chi connectivity index (χ2v) is 23.4. The van der Waals surface area contributed by atoms with Crippen molar-refractivity contribution in [3.05, 3.63) is 0 Å². The Kier molecular flexibility index (Phi) is 552. The van der Waals surface area contributed by atoms with E-state index in [0.29, 0.717) is 0 Å². The van der Waals surface area contributed by atoms with Gasteiger partial charge in [-0.15, -0.1) is 0 Å². The van der Waals surface area contributed by atoms with Crippen LogP contribution in [-0.2, 0) is 501 Å². The van der Waals surface area contributed by atoms with Crippen molar-refractivity contribution in [2.45, 2.75) is 85.6 Å². The first kappa shape index (κ1) is 177. The minimum Gasteiger partial charge on any atom is -0.793 e. The van der Waals surface area contributed by atoms with Crippen LogP contribution in [0.25, 0.3) is 0 Å². The van der Waals surface area contributed by atoms with Gasteiger partial charge in [-0.2, -0.15) is 138 Å². The first-order chi connectivity index (χ1) is 32.4. The van der Waals surface area contributed by atoms with Crippen molar-refractivity contribution in [2.75, 3.05) is 138 Å². The van der Waals surface area contributed by atoms with Crippen LogP contribution in [0.4, 0.5) is 0 Å². The fourth-order valence-electron chi connectivity index (χ4n) is 0.707. The molecule has 0 saturated heterocycles. The fraction of sp³-hybridized carbons (Fsp3) is 1.00. The van der Waals surface area contributed by atoms with E-state index in [1.807, 2.05) is 0 Å². The van der Waals surface area contributed by atoms with Gasteiger partial charge in [-0.1, -0.05) is 147 Å². The zero-order chi connectivity index (χ0) is 56.6. The Morgan fingerprint density at radius 3 is 0.150 bits per heavy atom. The molecule has 0 heterocycles. The predicted molar refractivity (Wildman–Crippen MR) is 392 cm³/mol. The minimum atomic E-state index is -0.750. The molecule has 0 amide bonds. The van der Waals surface area contributed by atoms with Crippen molar-refractivity contribution < 1.29 is 198 Å². The van der Waals surface area contributed by atoms with Gasteiger partial charge in [0, 0.05) is 0 Å². The number of hydrogen-bond acceptors (Lipinski definition) is 24. The Hall–Kier alpha value is 16.1. The summed E-state index contributed by atoms with van der Waals surface area (Å²) in [7, 11) is 0. The summed E-state index contributed by atoms with van der Waals surface area (Å²) in [4.78, 5) is 0. The van der Waals surface area contributed by atoms with Crippen LogP contribution >= 0.6 is 69.6 Å². The van der Waals surface area contributed by atoms with Crippen LogP contribution in [0.15, 0.2) is 0 Å². The smallest absolute Gasteiger partial charge is 0.793 e. The first-order valence-electron chi connectivity index (χ1n) is 20.2. The van der Waals surface area contributed by atoms with Gasteiger partial charge in [0.25, 0.3) is 0 Å². The molecule has 0 aliphatic rings. The Morgan fingerprint density at radius 2 is 0.150 bits per heavy atom. The van der Waals surface area contributed by atoms with Crippen molar-refractivity contribution in [1.29, 1.82) is 0 Å². The summed E-state index contributed by atoms with van der Waals surface area (Å²) in [6, 6.07) is 0. The number of alkyl halides is 6. The number of rotatable bonds is 24. The third kappa shape index (κ3) is 508. The summed E-state index contributed by atoms with van der Waals surface area (Å²) in [6.07, 6.45) is 12.2. The van der Waals surface area contributed by atoms with Gasteiger partial charge in [0.15, 0.2) is 8.59 Å². The summed E-state index contributed by atoms with van der Waals surface area (Å²) in [5.41, 5.74) is 0. The van der Waals surface area contributed by atoms with E-state index >= 15 is 0 Å². The SMILES string of the molecule is ClC(Cl)Cl.ClC(Cl)Cl.[Ni+2].[Ni+2].[Ni+2].[Ni+2].[Ni+2].[Ni+2].[Ni+2].[Ni+2].[Ni+2].[Ni+2].[Ni+2].[Ni+2].[S-]CCC[S-].[S-]CCC[S-].[S-]CCC[S-].[S-]CCC[S-].[S-]CCC[S-].[S-]CCC[S-].[S-]CCC[S-].[S-]CCC[S-].[S-]CCC[S-].[S-]CCC[S-].[S-]CCC[S-].[S-]CCC[S-]. The quantitative estimate of drug-likeness (QED) is 0.0512. The van der Waals surface area contributed by atoms with Crippen LogP contribution in [0.5, 0.6) is 0 Å². The van der Waals surface area contributed by atoms with Crippen molar-refractivity contribution >= 4 is 373 Å². The molecule has 0 bridgehead atoms. The van der Waals surface area contributed by atoms with Gasteiger partial charge in [0.2, 0.25) is 0 Å². The average molecular weight is 2220 g/mol. The van der Waals surface area contributed by atoms with Gasteiger partial charge in [0.05, 0.1) is 0 Å². The molecular weight excluding hydrogens is 2140 g/mol. The van der Waals surface area contributed by atoms with E-state index in [2.05, 4.69) is 303 Å². The Labute approximate surface area is 779 Å². The molecule has 0 fully saturated rings. The summed E-state index contributed by atoms with van der Waals surface area (Å²) in [5, 5.41) is 0. The standard InChI is InChI=1S/12C3H8S2.2CHCl3.12Ni/c12*4-2-1-3-5;2*2-1(3)4;;;;;;;;;;;;/h12*4-5H,1-3H2;2*1H;;;;;;;;;;;;/q;;;;;;;;;;;;;;12*+2/p-24. The van der Waals surface area contributed by atoms with E-state index in [4.69, 9.17) is 69.6 Å².